The van der Waals surface area contributed by atoms with Crippen molar-refractivity contribution < 1.29 is 4.74 Å². The monoisotopic (exact) mass is 277 g/mol. The summed E-state index contributed by atoms with van der Waals surface area (Å²) in [6.07, 6.45) is 5.58. The molecule has 2 aliphatic rings. The Labute approximate surface area is 120 Å². The summed E-state index contributed by atoms with van der Waals surface area (Å²) in [6, 6.07) is 8.70. The average Bonchev–Trinajstić information content (AvgIpc) is 2.93. The number of hydrogen-bond donors (Lipinski definition) is 0. The van der Waals surface area contributed by atoms with Crippen molar-refractivity contribution in [3.8, 4) is 5.75 Å². The number of thioether (sulfide) groups is 1. The van der Waals surface area contributed by atoms with Crippen LogP contribution in [0.4, 0.5) is 0 Å². The van der Waals surface area contributed by atoms with Crippen LogP contribution in [0.2, 0.25) is 0 Å². The summed E-state index contributed by atoms with van der Waals surface area (Å²) in [7, 11) is 0. The van der Waals surface area contributed by atoms with Crippen molar-refractivity contribution in [2.24, 2.45) is 0 Å². The molecular weight excluding hydrogens is 254 g/mol. The Balaban J connectivity index is 1.58. The van der Waals surface area contributed by atoms with E-state index in [2.05, 4.69) is 40.9 Å². The molecule has 3 heteroatoms. The number of hydrogen-bond acceptors (Lipinski definition) is 3. The van der Waals surface area contributed by atoms with Gasteiger partial charge in [-0.2, -0.15) is 11.8 Å². The van der Waals surface area contributed by atoms with Crippen molar-refractivity contribution in [2.45, 2.75) is 38.3 Å². The fourth-order valence-electron chi connectivity index (χ4n) is 2.93. The molecule has 1 heterocycles. The Bertz CT molecular complexity index is 397. The minimum Gasteiger partial charge on any atom is -0.490 e. The minimum absolute atomic E-state index is 0.460. The van der Waals surface area contributed by atoms with Crippen LogP contribution in [-0.4, -0.2) is 35.6 Å². The molecule has 1 aliphatic carbocycles. The largest absolute Gasteiger partial charge is 0.490 e. The van der Waals surface area contributed by atoms with E-state index < -0.39 is 0 Å². The Morgan fingerprint density at radius 2 is 1.95 bits per heavy atom. The zero-order valence-electron chi connectivity index (χ0n) is 11.5. The van der Waals surface area contributed by atoms with Crippen molar-refractivity contribution in [1.29, 1.82) is 0 Å². The van der Waals surface area contributed by atoms with E-state index in [0.717, 1.165) is 12.3 Å². The second kappa shape index (κ2) is 6.67. The topological polar surface area (TPSA) is 12.5 Å². The van der Waals surface area contributed by atoms with E-state index in [1.165, 1.54) is 55.8 Å². The minimum atomic E-state index is 0.460. The van der Waals surface area contributed by atoms with Gasteiger partial charge >= 0.3 is 0 Å². The molecule has 0 atom stereocenters. The highest BCUT2D eigenvalue weighted by Crippen LogP contribution is 2.25. The fraction of sp³-hybridized carbons (Fsp3) is 0.625. The molecule has 1 aromatic rings. The van der Waals surface area contributed by atoms with Crippen LogP contribution in [0.1, 0.15) is 31.2 Å². The van der Waals surface area contributed by atoms with Crippen LogP contribution in [0.3, 0.4) is 0 Å². The van der Waals surface area contributed by atoms with Gasteiger partial charge in [-0.25, -0.2) is 0 Å². The predicted octanol–water partition coefficient (Wildman–Crippen LogP) is 3.56. The van der Waals surface area contributed by atoms with E-state index in [-0.39, 0.29) is 0 Å². The summed E-state index contributed by atoms with van der Waals surface area (Å²) in [4.78, 5) is 2.55. The third kappa shape index (κ3) is 3.90. The molecule has 0 unspecified atom stereocenters. The SMILES string of the molecule is c1cc(CN2CCSCC2)cc(OC2CCCC2)c1. The van der Waals surface area contributed by atoms with Crippen molar-refractivity contribution >= 4 is 11.8 Å². The van der Waals surface area contributed by atoms with Crippen LogP contribution in [0.15, 0.2) is 24.3 Å². The van der Waals surface area contributed by atoms with Gasteiger partial charge in [-0.3, -0.25) is 4.90 Å². The van der Waals surface area contributed by atoms with E-state index >= 15 is 0 Å². The molecule has 0 bridgehead atoms. The molecule has 2 nitrogen and oxygen atoms in total. The average molecular weight is 277 g/mol. The normalized spacial score (nSPS) is 21.7. The standard InChI is InChI=1S/C16H23NOS/c1-2-6-15(5-1)18-16-7-3-4-14(12-16)13-17-8-10-19-11-9-17/h3-4,7,12,15H,1-2,5-6,8-11,13H2. The molecule has 19 heavy (non-hydrogen) atoms. The summed E-state index contributed by atoms with van der Waals surface area (Å²) in [6.45, 7) is 3.51. The van der Waals surface area contributed by atoms with Gasteiger partial charge in [0, 0.05) is 31.1 Å². The third-order valence-corrected chi connectivity index (χ3v) is 4.96. The molecule has 0 amide bonds. The van der Waals surface area contributed by atoms with Gasteiger partial charge in [0.25, 0.3) is 0 Å². The molecule has 0 radical (unpaired) electrons. The van der Waals surface area contributed by atoms with Crippen LogP contribution < -0.4 is 4.74 Å². The molecule has 3 rings (SSSR count). The van der Waals surface area contributed by atoms with Crippen molar-refractivity contribution in [2.75, 3.05) is 24.6 Å². The first-order valence-corrected chi connectivity index (χ1v) is 8.61. The first kappa shape index (κ1) is 13.3. The molecular formula is C16H23NOS. The number of nitrogens with zero attached hydrogens (tertiary/aromatic N) is 1. The van der Waals surface area contributed by atoms with Gasteiger partial charge in [0.15, 0.2) is 0 Å². The van der Waals surface area contributed by atoms with Crippen LogP contribution in [0.5, 0.6) is 5.75 Å². The van der Waals surface area contributed by atoms with E-state index in [4.69, 9.17) is 4.74 Å². The van der Waals surface area contributed by atoms with Gasteiger partial charge in [-0.1, -0.05) is 12.1 Å². The maximum atomic E-state index is 6.08. The zero-order valence-corrected chi connectivity index (χ0v) is 12.3. The molecule has 0 N–H and O–H groups in total. The predicted molar refractivity (Wildman–Crippen MR) is 81.9 cm³/mol. The first-order chi connectivity index (χ1) is 9.40. The van der Waals surface area contributed by atoms with Gasteiger partial charge in [0.1, 0.15) is 5.75 Å². The maximum absolute atomic E-state index is 6.08. The summed E-state index contributed by atoms with van der Waals surface area (Å²) >= 11 is 2.07. The lowest BCUT2D eigenvalue weighted by Crippen LogP contribution is -2.31. The number of rotatable bonds is 4. The molecule has 1 saturated carbocycles. The molecule has 0 spiro atoms. The van der Waals surface area contributed by atoms with Gasteiger partial charge in [0.05, 0.1) is 6.10 Å². The summed E-state index contributed by atoms with van der Waals surface area (Å²) in [5, 5.41) is 0. The Morgan fingerprint density at radius 1 is 1.16 bits per heavy atom. The lowest BCUT2D eigenvalue weighted by Gasteiger charge is -2.26. The summed E-state index contributed by atoms with van der Waals surface area (Å²) in [5.74, 6) is 3.62. The Kier molecular flexibility index (Phi) is 4.67. The van der Waals surface area contributed by atoms with Gasteiger partial charge in [0.2, 0.25) is 0 Å². The molecule has 1 aliphatic heterocycles. The molecule has 2 fully saturated rings. The van der Waals surface area contributed by atoms with Crippen molar-refractivity contribution in [3.63, 3.8) is 0 Å². The van der Waals surface area contributed by atoms with Crippen LogP contribution >= 0.6 is 11.8 Å². The smallest absolute Gasteiger partial charge is 0.120 e. The van der Waals surface area contributed by atoms with E-state index in [1.807, 2.05) is 0 Å². The van der Waals surface area contributed by atoms with Gasteiger partial charge in [-0.05, 0) is 43.4 Å². The first-order valence-electron chi connectivity index (χ1n) is 7.46. The number of ether oxygens (including phenoxy) is 1. The van der Waals surface area contributed by atoms with Crippen LogP contribution in [0, 0.1) is 0 Å². The van der Waals surface area contributed by atoms with E-state index in [0.29, 0.717) is 6.10 Å². The molecule has 0 aromatic heterocycles. The second-order valence-electron chi connectivity index (χ2n) is 5.56. The Morgan fingerprint density at radius 3 is 2.74 bits per heavy atom. The Hall–Kier alpha value is -0.670. The highest BCUT2D eigenvalue weighted by molar-refractivity contribution is 7.99. The molecule has 1 saturated heterocycles. The maximum Gasteiger partial charge on any atom is 0.120 e. The molecule has 1 aromatic carbocycles. The van der Waals surface area contributed by atoms with Crippen molar-refractivity contribution in [3.05, 3.63) is 29.8 Å². The second-order valence-corrected chi connectivity index (χ2v) is 6.78. The molecule has 104 valence electrons. The summed E-state index contributed by atoms with van der Waals surface area (Å²) in [5.41, 5.74) is 1.39. The number of benzene rings is 1. The van der Waals surface area contributed by atoms with Gasteiger partial charge < -0.3 is 4.74 Å². The lowest BCUT2D eigenvalue weighted by atomic mass is 10.2. The lowest BCUT2D eigenvalue weighted by molar-refractivity contribution is 0.209. The van der Waals surface area contributed by atoms with Crippen LogP contribution in [0.25, 0.3) is 0 Å². The van der Waals surface area contributed by atoms with Crippen LogP contribution in [-0.2, 0) is 6.54 Å². The quantitative estimate of drug-likeness (QED) is 0.835. The van der Waals surface area contributed by atoms with Gasteiger partial charge in [-0.15, -0.1) is 0 Å². The zero-order chi connectivity index (χ0) is 12.9. The van der Waals surface area contributed by atoms with Crippen molar-refractivity contribution in [1.82, 2.24) is 4.90 Å². The highest BCUT2D eigenvalue weighted by atomic mass is 32.2. The van der Waals surface area contributed by atoms with E-state index in [1.54, 1.807) is 0 Å². The fourth-order valence-corrected chi connectivity index (χ4v) is 3.91. The van der Waals surface area contributed by atoms with E-state index in [9.17, 15) is 0 Å². The summed E-state index contributed by atoms with van der Waals surface area (Å²) < 4.78 is 6.08. The highest BCUT2D eigenvalue weighted by Gasteiger charge is 2.17. The third-order valence-electron chi connectivity index (χ3n) is 4.01.